The average molecular weight is 418 g/mol. The molecule has 0 radical (unpaired) electrons. The molecule has 2 aromatic rings. The van der Waals surface area contributed by atoms with Crippen LogP contribution >= 0.6 is 0 Å². The fraction of sp³-hybridized carbons (Fsp3) is 0.526. The molecule has 162 valence electrons. The molecule has 2 unspecified atom stereocenters. The number of aliphatic hydroxyl groups excluding tert-OH is 1. The van der Waals surface area contributed by atoms with Crippen molar-refractivity contribution >= 4 is 17.8 Å². The summed E-state index contributed by atoms with van der Waals surface area (Å²) in [7, 11) is 0. The lowest BCUT2D eigenvalue weighted by Gasteiger charge is -2.36. The minimum Gasteiger partial charge on any atom is -0.382 e. The maximum Gasteiger partial charge on any atom is 0.272 e. The summed E-state index contributed by atoms with van der Waals surface area (Å²) in [5.74, 6) is -1.30. The highest BCUT2D eigenvalue weighted by Gasteiger charge is 2.36. The molecule has 2 amide bonds. The SMILES string of the molecule is CC(C)CC(C(=O)N1CCN(c2noc(-c3ccncc3)n2)CC1)C(O)C(=O)NO. The van der Waals surface area contributed by atoms with E-state index in [1.807, 2.05) is 18.7 Å². The Morgan fingerprint density at radius 3 is 2.47 bits per heavy atom. The summed E-state index contributed by atoms with van der Waals surface area (Å²) >= 11 is 0. The number of aliphatic hydroxyl groups is 1. The summed E-state index contributed by atoms with van der Waals surface area (Å²) in [5.41, 5.74) is 2.19. The number of rotatable bonds is 7. The van der Waals surface area contributed by atoms with Crippen molar-refractivity contribution in [3.05, 3.63) is 24.5 Å². The van der Waals surface area contributed by atoms with Crippen LogP contribution in [0.4, 0.5) is 5.95 Å². The van der Waals surface area contributed by atoms with Gasteiger partial charge >= 0.3 is 0 Å². The van der Waals surface area contributed by atoms with Gasteiger partial charge in [-0.15, -0.1) is 0 Å². The summed E-state index contributed by atoms with van der Waals surface area (Å²) in [6.45, 7) is 5.55. The van der Waals surface area contributed by atoms with E-state index in [0.29, 0.717) is 44.4 Å². The maximum absolute atomic E-state index is 13.0. The Bertz CT molecular complexity index is 850. The summed E-state index contributed by atoms with van der Waals surface area (Å²) < 4.78 is 5.32. The van der Waals surface area contributed by atoms with Crippen LogP contribution in [-0.4, -0.2) is 74.4 Å². The lowest BCUT2D eigenvalue weighted by Crippen LogP contribution is -2.53. The number of nitrogens with one attached hydrogen (secondary N) is 1. The number of carbonyl (C=O) groups excluding carboxylic acids is 2. The quantitative estimate of drug-likeness (QED) is 0.427. The zero-order chi connectivity index (χ0) is 21.7. The minimum atomic E-state index is -1.61. The van der Waals surface area contributed by atoms with Crippen LogP contribution in [0.15, 0.2) is 29.0 Å². The Balaban J connectivity index is 1.63. The van der Waals surface area contributed by atoms with Crippen LogP contribution < -0.4 is 10.4 Å². The van der Waals surface area contributed by atoms with Gasteiger partial charge in [0.05, 0.1) is 5.92 Å². The van der Waals surface area contributed by atoms with Crippen molar-refractivity contribution in [1.29, 1.82) is 0 Å². The molecule has 11 nitrogen and oxygen atoms in total. The first-order chi connectivity index (χ1) is 14.4. The molecule has 0 bridgehead atoms. The molecule has 3 N–H and O–H groups in total. The molecule has 2 atom stereocenters. The van der Waals surface area contributed by atoms with Crippen molar-refractivity contribution in [2.75, 3.05) is 31.1 Å². The summed E-state index contributed by atoms with van der Waals surface area (Å²) in [6.07, 6.45) is 2.00. The number of nitrogens with zero attached hydrogens (tertiary/aromatic N) is 5. The molecule has 30 heavy (non-hydrogen) atoms. The highest BCUT2D eigenvalue weighted by atomic mass is 16.5. The Kier molecular flexibility index (Phi) is 6.95. The van der Waals surface area contributed by atoms with Crippen LogP contribution in [0.3, 0.4) is 0 Å². The van der Waals surface area contributed by atoms with Gasteiger partial charge in [-0.2, -0.15) is 4.98 Å². The van der Waals surface area contributed by atoms with Crippen LogP contribution in [0, 0.1) is 11.8 Å². The van der Waals surface area contributed by atoms with Gasteiger partial charge in [-0.05, 0) is 29.6 Å². The molecule has 11 heteroatoms. The standard InChI is InChI=1S/C19H26N6O5/c1-12(2)11-14(15(26)16(27)22-29)18(28)24-7-9-25(10-8-24)19-21-17(30-23-19)13-3-5-20-6-4-13/h3-6,12,14-15,26,29H,7-11H2,1-2H3,(H,22,27). The molecule has 0 spiro atoms. The van der Waals surface area contributed by atoms with Crippen molar-refractivity contribution < 1.29 is 24.4 Å². The van der Waals surface area contributed by atoms with E-state index in [2.05, 4.69) is 15.1 Å². The lowest BCUT2D eigenvalue weighted by atomic mass is 9.90. The predicted molar refractivity (Wildman–Crippen MR) is 105 cm³/mol. The second kappa shape index (κ2) is 9.63. The first-order valence-electron chi connectivity index (χ1n) is 9.80. The number of anilines is 1. The van der Waals surface area contributed by atoms with Crippen molar-refractivity contribution in [3.8, 4) is 11.5 Å². The van der Waals surface area contributed by atoms with Crippen LogP contribution in [0.25, 0.3) is 11.5 Å². The first kappa shape index (κ1) is 21.7. The molecule has 0 aliphatic carbocycles. The van der Waals surface area contributed by atoms with E-state index in [9.17, 15) is 14.7 Å². The van der Waals surface area contributed by atoms with E-state index in [0.717, 1.165) is 5.56 Å². The number of amides is 2. The Morgan fingerprint density at radius 2 is 1.87 bits per heavy atom. The molecule has 1 fully saturated rings. The number of hydrogen-bond donors (Lipinski definition) is 3. The molecule has 0 saturated carbocycles. The minimum absolute atomic E-state index is 0.0901. The van der Waals surface area contributed by atoms with E-state index < -0.39 is 17.9 Å². The van der Waals surface area contributed by atoms with Crippen LogP contribution in [0.5, 0.6) is 0 Å². The molecule has 1 saturated heterocycles. The Hall–Kier alpha value is -3.05. The van der Waals surface area contributed by atoms with Crippen molar-refractivity contribution in [3.63, 3.8) is 0 Å². The summed E-state index contributed by atoms with van der Waals surface area (Å²) in [4.78, 5) is 36.5. The van der Waals surface area contributed by atoms with Gasteiger partial charge in [0.2, 0.25) is 5.91 Å². The van der Waals surface area contributed by atoms with Gasteiger partial charge in [-0.1, -0.05) is 13.8 Å². The third-order valence-corrected chi connectivity index (χ3v) is 5.02. The van der Waals surface area contributed by atoms with Gasteiger partial charge in [0, 0.05) is 44.1 Å². The van der Waals surface area contributed by atoms with Gasteiger partial charge in [0.15, 0.2) is 0 Å². The van der Waals surface area contributed by atoms with Crippen molar-refractivity contribution in [2.24, 2.45) is 11.8 Å². The van der Waals surface area contributed by atoms with Crippen molar-refractivity contribution in [1.82, 2.24) is 25.5 Å². The monoisotopic (exact) mass is 418 g/mol. The number of carbonyl (C=O) groups is 2. The van der Waals surface area contributed by atoms with E-state index in [1.165, 1.54) is 5.48 Å². The van der Waals surface area contributed by atoms with E-state index in [1.54, 1.807) is 29.4 Å². The van der Waals surface area contributed by atoms with Crippen LogP contribution in [-0.2, 0) is 9.59 Å². The molecule has 1 aliphatic heterocycles. The number of hydroxylamine groups is 1. The summed E-state index contributed by atoms with van der Waals surface area (Å²) in [6, 6.07) is 3.55. The van der Waals surface area contributed by atoms with Crippen molar-refractivity contribution in [2.45, 2.75) is 26.4 Å². The molecular formula is C19H26N6O5. The average Bonchev–Trinajstić information content (AvgIpc) is 3.27. The number of aromatic nitrogens is 3. The first-order valence-corrected chi connectivity index (χ1v) is 9.80. The van der Waals surface area contributed by atoms with Gasteiger partial charge in [0.1, 0.15) is 6.10 Å². The highest BCUT2D eigenvalue weighted by Crippen LogP contribution is 2.23. The molecular weight excluding hydrogens is 392 g/mol. The third-order valence-electron chi connectivity index (χ3n) is 5.02. The number of pyridine rings is 1. The van der Waals surface area contributed by atoms with E-state index in [4.69, 9.17) is 9.73 Å². The molecule has 1 aliphatic rings. The smallest absolute Gasteiger partial charge is 0.272 e. The van der Waals surface area contributed by atoms with E-state index in [-0.39, 0.29) is 11.8 Å². The van der Waals surface area contributed by atoms with Crippen LogP contribution in [0.2, 0.25) is 0 Å². The number of hydrogen-bond acceptors (Lipinski definition) is 9. The maximum atomic E-state index is 13.0. The molecule has 0 aromatic carbocycles. The van der Waals surface area contributed by atoms with E-state index >= 15 is 0 Å². The van der Waals surface area contributed by atoms with Gasteiger partial charge < -0.3 is 19.4 Å². The largest absolute Gasteiger partial charge is 0.382 e. The van der Waals surface area contributed by atoms with Gasteiger partial charge in [-0.25, -0.2) is 5.48 Å². The highest BCUT2D eigenvalue weighted by molar-refractivity contribution is 5.88. The zero-order valence-corrected chi connectivity index (χ0v) is 16.9. The zero-order valence-electron chi connectivity index (χ0n) is 16.9. The Labute approximate surface area is 173 Å². The third kappa shape index (κ3) is 4.92. The lowest BCUT2D eigenvalue weighted by molar-refractivity contribution is -0.151. The topological polar surface area (TPSA) is 145 Å². The fourth-order valence-corrected chi connectivity index (χ4v) is 3.44. The van der Waals surface area contributed by atoms with Gasteiger partial charge in [0.25, 0.3) is 17.7 Å². The normalized spacial score (nSPS) is 16.4. The summed E-state index contributed by atoms with van der Waals surface area (Å²) in [5, 5.41) is 23.0. The van der Waals surface area contributed by atoms with Gasteiger partial charge in [-0.3, -0.25) is 19.8 Å². The molecule has 3 heterocycles. The second-order valence-electron chi connectivity index (χ2n) is 7.60. The Morgan fingerprint density at radius 1 is 1.20 bits per heavy atom. The molecule has 2 aromatic heterocycles. The number of piperazine rings is 1. The fourth-order valence-electron chi connectivity index (χ4n) is 3.44. The second-order valence-corrected chi connectivity index (χ2v) is 7.60. The predicted octanol–water partition coefficient (Wildman–Crippen LogP) is 0.309. The molecule has 3 rings (SSSR count). The van der Waals surface area contributed by atoms with Crippen LogP contribution in [0.1, 0.15) is 20.3 Å².